The summed E-state index contributed by atoms with van der Waals surface area (Å²) in [6, 6.07) is 32.9. The van der Waals surface area contributed by atoms with Crippen molar-refractivity contribution >= 4 is 54.5 Å². The van der Waals surface area contributed by atoms with Crippen LogP contribution in [0.25, 0.3) is 76.8 Å². The lowest BCUT2D eigenvalue weighted by Crippen LogP contribution is -1.89. The molecule has 8 rings (SSSR count). The molecule has 0 saturated heterocycles. The first-order valence-corrected chi connectivity index (χ1v) is 13.7. The fraction of sp³-hybridized carbons (Fsp3) is 0.0811. The van der Waals surface area contributed by atoms with E-state index in [9.17, 15) is 0 Å². The van der Waals surface area contributed by atoms with Crippen molar-refractivity contribution in [3.63, 3.8) is 0 Å². The van der Waals surface area contributed by atoms with Crippen LogP contribution in [-0.4, -0.2) is 9.97 Å². The van der Waals surface area contributed by atoms with Crippen LogP contribution < -0.4 is 0 Å². The van der Waals surface area contributed by atoms with Gasteiger partial charge >= 0.3 is 0 Å². The van der Waals surface area contributed by atoms with E-state index in [1.807, 2.05) is 0 Å². The predicted molar refractivity (Wildman–Crippen MR) is 167 cm³/mol. The maximum absolute atomic E-state index is 6.56. The number of benzene rings is 6. The SMILES string of the molecule is Cc1cc(C)c2oc3c(-c4cccc(-c5ccc6c(c5)c5ccccc5c5nccnc65)c4)cc(C)cc3c2c1. The maximum atomic E-state index is 6.56. The number of fused-ring (bicyclic) bond motifs is 9. The highest BCUT2D eigenvalue weighted by Gasteiger charge is 2.16. The van der Waals surface area contributed by atoms with E-state index in [0.29, 0.717) is 0 Å². The van der Waals surface area contributed by atoms with Crippen molar-refractivity contribution in [1.82, 2.24) is 9.97 Å². The second kappa shape index (κ2) is 8.49. The van der Waals surface area contributed by atoms with Crippen molar-refractivity contribution in [1.29, 1.82) is 0 Å². The molecule has 0 bridgehead atoms. The molecule has 3 heteroatoms. The molecule has 0 aliphatic rings. The van der Waals surface area contributed by atoms with Gasteiger partial charge in [0.25, 0.3) is 0 Å². The van der Waals surface area contributed by atoms with Crippen LogP contribution in [0.4, 0.5) is 0 Å². The minimum absolute atomic E-state index is 0.939. The van der Waals surface area contributed by atoms with Crippen LogP contribution in [0.15, 0.2) is 108 Å². The molecule has 2 heterocycles. The second-order valence-corrected chi connectivity index (χ2v) is 10.9. The summed E-state index contributed by atoms with van der Waals surface area (Å²) in [5.74, 6) is 0. The van der Waals surface area contributed by atoms with Crippen LogP contribution in [0.2, 0.25) is 0 Å². The summed E-state index contributed by atoms with van der Waals surface area (Å²) < 4.78 is 6.56. The Morgan fingerprint density at radius 2 is 1.12 bits per heavy atom. The third-order valence-electron chi connectivity index (χ3n) is 8.10. The van der Waals surface area contributed by atoms with Crippen molar-refractivity contribution in [3.05, 3.63) is 120 Å². The lowest BCUT2D eigenvalue weighted by Gasteiger charge is -2.12. The maximum Gasteiger partial charge on any atom is 0.143 e. The van der Waals surface area contributed by atoms with Gasteiger partial charge in [-0.2, -0.15) is 0 Å². The van der Waals surface area contributed by atoms with E-state index < -0.39 is 0 Å². The Kier molecular flexibility index (Phi) is 4.86. The van der Waals surface area contributed by atoms with Gasteiger partial charge in [0.05, 0.1) is 11.0 Å². The molecule has 0 unspecified atom stereocenters. The van der Waals surface area contributed by atoms with E-state index >= 15 is 0 Å². The lowest BCUT2D eigenvalue weighted by atomic mass is 9.93. The Labute approximate surface area is 231 Å². The summed E-state index contributed by atoms with van der Waals surface area (Å²) in [6.45, 7) is 6.44. The van der Waals surface area contributed by atoms with Gasteiger partial charge in [-0.15, -0.1) is 0 Å². The molecular formula is C37H26N2O. The molecule has 0 spiro atoms. The van der Waals surface area contributed by atoms with E-state index in [1.54, 1.807) is 12.4 Å². The van der Waals surface area contributed by atoms with Crippen molar-refractivity contribution < 1.29 is 4.42 Å². The quantitative estimate of drug-likeness (QED) is 0.215. The van der Waals surface area contributed by atoms with Gasteiger partial charge in [-0.3, -0.25) is 9.97 Å². The van der Waals surface area contributed by atoms with Gasteiger partial charge in [-0.1, -0.05) is 60.7 Å². The minimum Gasteiger partial charge on any atom is -0.455 e. The molecular weight excluding hydrogens is 488 g/mol. The molecule has 0 radical (unpaired) electrons. The summed E-state index contributed by atoms with van der Waals surface area (Å²) in [7, 11) is 0. The summed E-state index contributed by atoms with van der Waals surface area (Å²) in [5, 5.41) is 6.98. The first-order chi connectivity index (χ1) is 19.5. The van der Waals surface area contributed by atoms with Gasteiger partial charge in [0.2, 0.25) is 0 Å². The van der Waals surface area contributed by atoms with Gasteiger partial charge in [0.15, 0.2) is 0 Å². The summed E-state index contributed by atoms with van der Waals surface area (Å²) >= 11 is 0. The number of aromatic nitrogens is 2. The van der Waals surface area contributed by atoms with Crippen LogP contribution in [0.3, 0.4) is 0 Å². The fourth-order valence-electron chi connectivity index (χ4n) is 6.37. The third kappa shape index (κ3) is 3.37. The Bertz CT molecular complexity index is 2270. The van der Waals surface area contributed by atoms with Gasteiger partial charge < -0.3 is 4.42 Å². The zero-order valence-electron chi connectivity index (χ0n) is 22.6. The van der Waals surface area contributed by atoms with E-state index in [1.165, 1.54) is 49.4 Å². The molecule has 0 amide bonds. The predicted octanol–water partition coefficient (Wildman–Crippen LogP) is 10.1. The number of nitrogens with zero attached hydrogens (tertiary/aromatic N) is 2. The van der Waals surface area contributed by atoms with Crippen LogP contribution in [0, 0.1) is 20.8 Å². The highest BCUT2D eigenvalue weighted by molar-refractivity contribution is 6.23. The smallest absolute Gasteiger partial charge is 0.143 e. The second-order valence-electron chi connectivity index (χ2n) is 10.9. The molecule has 0 aliphatic heterocycles. The van der Waals surface area contributed by atoms with Gasteiger partial charge in [0, 0.05) is 39.5 Å². The first kappa shape index (κ1) is 22.9. The molecule has 0 fully saturated rings. The molecule has 40 heavy (non-hydrogen) atoms. The van der Waals surface area contributed by atoms with Crippen molar-refractivity contribution in [2.75, 3.05) is 0 Å². The normalized spacial score (nSPS) is 11.9. The van der Waals surface area contributed by atoms with Crippen LogP contribution in [0.1, 0.15) is 16.7 Å². The first-order valence-electron chi connectivity index (χ1n) is 13.7. The zero-order valence-corrected chi connectivity index (χ0v) is 22.6. The average Bonchev–Trinajstić information content (AvgIpc) is 3.35. The molecule has 0 atom stereocenters. The summed E-state index contributed by atoms with van der Waals surface area (Å²) in [6.07, 6.45) is 3.55. The molecule has 8 aromatic rings. The molecule has 190 valence electrons. The highest BCUT2D eigenvalue weighted by Crippen LogP contribution is 2.40. The topological polar surface area (TPSA) is 38.9 Å². The Morgan fingerprint density at radius 3 is 1.93 bits per heavy atom. The molecule has 0 saturated carbocycles. The summed E-state index contributed by atoms with van der Waals surface area (Å²) in [5.41, 5.74) is 12.1. The number of aryl methyl sites for hydroxylation is 3. The summed E-state index contributed by atoms with van der Waals surface area (Å²) in [4.78, 5) is 9.38. The van der Waals surface area contributed by atoms with Gasteiger partial charge in [-0.05, 0) is 95.3 Å². The number of rotatable bonds is 2. The fourth-order valence-corrected chi connectivity index (χ4v) is 6.37. The number of hydrogen-bond donors (Lipinski definition) is 0. The van der Waals surface area contributed by atoms with E-state index in [0.717, 1.165) is 44.1 Å². The van der Waals surface area contributed by atoms with Crippen LogP contribution in [-0.2, 0) is 0 Å². The average molecular weight is 515 g/mol. The Morgan fingerprint density at radius 1 is 0.475 bits per heavy atom. The molecule has 0 N–H and O–H groups in total. The highest BCUT2D eigenvalue weighted by atomic mass is 16.3. The van der Waals surface area contributed by atoms with Crippen LogP contribution >= 0.6 is 0 Å². The van der Waals surface area contributed by atoms with E-state index in [2.05, 4.69) is 117 Å². The molecule has 6 aromatic carbocycles. The molecule has 0 aliphatic carbocycles. The van der Waals surface area contributed by atoms with Crippen molar-refractivity contribution in [2.45, 2.75) is 20.8 Å². The number of furan rings is 1. The third-order valence-corrected chi connectivity index (χ3v) is 8.10. The van der Waals surface area contributed by atoms with Crippen molar-refractivity contribution in [2.24, 2.45) is 0 Å². The van der Waals surface area contributed by atoms with E-state index in [-0.39, 0.29) is 0 Å². The van der Waals surface area contributed by atoms with Gasteiger partial charge in [0.1, 0.15) is 11.2 Å². The Hall–Kier alpha value is -5.02. The number of hydrogen-bond acceptors (Lipinski definition) is 3. The minimum atomic E-state index is 0.939. The largest absolute Gasteiger partial charge is 0.455 e. The van der Waals surface area contributed by atoms with Crippen molar-refractivity contribution in [3.8, 4) is 22.3 Å². The molecule has 2 aromatic heterocycles. The standard InChI is InChI=1S/C37H26N2O/c1-21-15-23(3)36-32(17-21)33-18-22(2)16-30(37(33)40-36)26-8-6-7-24(19-26)25-11-12-29-31(20-25)27-9-4-5-10-28(27)34-35(29)39-14-13-38-34/h4-20H,1-3H3. The molecule has 3 nitrogen and oxygen atoms in total. The lowest BCUT2D eigenvalue weighted by molar-refractivity contribution is 0.666. The van der Waals surface area contributed by atoms with Gasteiger partial charge in [-0.25, -0.2) is 0 Å². The monoisotopic (exact) mass is 514 g/mol. The van der Waals surface area contributed by atoms with E-state index in [4.69, 9.17) is 9.40 Å². The zero-order chi connectivity index (χ0) is 27.0. The van der Waals surface area contributed by atoms with Crippen LogP contribution in [0.5, 0.6) is 0 Å². The Balaban J connectivity index is 1.35.